The summed E-state index contributed by atoms with van der Waals surface area (Å²) in [6.07, 6.45) is 0.798. The van der Waals surface area contributed by atoms with Crippen LogP contribution in [0.1, 0.15) is 17.5 Å². The molecule has 0 aliphatic rings. The van der Waals surface area contributed by atoms with E-state index in [1.807, 2.05) is 6.92 Å². The number of rotatable bonds is 3. The van der Waals surface area contributed by atoms with Crippen molar-refractivity contribution in [2.75, 3.05) is 0 Å². The number of aryl methyl sites for hydroxylation is 1. The van der Waals surface area contributed by atoms with Gasteiger partial charge >= 0.3 is 0 Å². The average molecular weight is 397 g/mol. The first-order valence-corrected chi connectivity index (χ1v) is 6.76. The van der Waals surface area contributed by atoms with Gasteiger partial charge in [0.25, 0.3) is 0 Å². The molecule has 1 aromatic carbocycles. The zero-order chi connectivity index (χ0) is 12.4. The smallest absolute Gasteiger partial charge is 0.200 e. The third-order valence-corrected chi connectivity index (χ3v) is 3.82. The molecule has 2 rings (SSSR count). The van der Waals surface area contributed by atoms with Crippen LogP contribution in [0.5, 0.6) is 0 Å². The Labute approximate surface area is 127 Å². The summed E-state index contributed by atoms with van der Waals surface area (Å²) in [6, 6.07) is 4.92. The van der Waals surface area contributed by atoms with E-state index >= 15 is 0 Å². The molecule has 18 heavy (non-hydrogen) atoms. The number of nitrogens with zero attached hydrogens (tertiary/aromatic N) is 2. The molecule has 0 radical (unpaired) electrons. The van der Waals surface area contributed by atoms with E-state index in [0.29, 0.717) is 21.4 Å². The number of hydrogen-bond acceptors (Lipinski definition) is 3. The molecule has 1 heterocycles. The summed E-state index contributed by atoms with van der Waals surface area (Å²) in [5, 5.41) is 12.9. The van der Waals surface area contributed by atoms with Crippen LogP contribution in [-0.2, 0) is 13.0 Å². The van der Waals surface area contributed by atoms with Crippen molar-refractivity contribution in [3.63, 3.8) is 0 Å². The fourth-order valence-corrected chi connectivity index (χ4v) is 2.48. The quantitative estimate of drug-likeness (QED) is 0.847. The van der Waals surface area contributed by atoms with E-state index in [-0.39, 0.29) is 22.8 Å². The van der Waals surface area contributed by atoms with Gasteiger partial charge < -0.3 is 0 Å². The average Bonchev–Trinajstić information content (AvgIpc) is 2.64. The van der Waals surface area contributed by atoms with Crippen molar-refractivity contribution >= 4 is 44.2 Å². The van der Waals surface area contributed by atoms with Gasteiger partial charge in [0.05, 0.1) is 6.54 Å². The summed E-state index contributed by atoms with van der Waals surface area (Å²) in [6.45, 7) is 2.29. The van der Waals surface area contributed by atoms with Crippen LogP contribution in [0.25, 0.3) is 0 Å². The van der Waals surface area contributed by atoms with Crippen molar-refractivity contribution in [2.24, 2.45) is 0 Å². The van der Waals surface area contributed by atoms with Crippen LogP contribution in [0, 0.1) is 11.2 Å². The Bertz CT molecular complexity index is 594. The van der Waals surface area contributed by atoms with Crippen molar-refractivity contribution in [3.05, 3.63) is 43.9 Å². The van der Waals surface area contributed by atoms with Gasteiger partial charge in [-0.25, -0.2) is 9.07 Å². The summed E-state index contributed by atoms with van der Waals surface area (Å²) in [5.41, 5.74) is 0.541. The molecule has 0 bridgehead atoms. The molecule has 0 atom stereocenters. The summed E-state index contributed by atoms with van der Waals surface area (Å²) in [7, 11) is 0. The highest BCUT2D eigenvalue weighted by Crippen LogP contribution is 2.15. The molecular weight excluding hydrogens is 385 g/mol. The lowest BCUT2D eigenvalue weighted by Crippen LogP contribution is -2.16. The van der Waals surface area contributed by atoms with Crippen LogP contribution >= 0.6 is 44.2 Å². The normalized spacial score (nSPS) is 10.2. The lowest BCUT2D eigenvalue weighted by molar-refractivity contribution is 0.572. The lowest BCUT2D eigenvalue weighted by atomic mass is 10.2. The zero-order valence-corrected chi connectivity index (χ0v) is 13.7. The number of benzene rings is 1. The zero-order valence-electron chi connectivity index (χ0n) is 9.61. The Kier molecular flexibility index (Phi) is 5.68. The predicted molar refractivity (Wildman–Crippen MR) is 78.9 cm³/mol. The molecule has 0 amide bonds. The first kappa shape index (κ1) is 15.5. The van der Waals surface area contributed by atoms with E-state index in [1.54, 1.807) is 12.1 Å². The second kappa shape index (κ2) is 6.58. The molecule has 0 aliphatic heterocycles. The van der Waals surface area contributed by atoms with Gasteiger partial charge in [-0.3, -0.25) is 5.41 Å². The van der Waals surface area contributed by atoms with Crippen molar-refractivity contribution in [1.82, 2.24) is 9.78 Å². The minimum atomic E-state index is -0.280. The van der Waals surface area contributed by atoms with E-state index in [4.69, 9.17) is 5.41 Å². The van der Waals surface area contributed by atoms with Gasteiger partial charge in [-0.2, -0.15) is 5.10 Å². The topological polar surface area (TPSA) is 41.7 Å². The van der Waals surface area contributed by atoms with Crippen LogP contribution in [0.15, 0.2) is 22.7 Å². The number of hydrogen-bond donors (Lipinski definition) is 1. The number of halogens is 3. The van der Waals surface area contributed by atoms with Gasteiger partial charge in [0.15, 0.2) is 0 Å². The van der Waals surface area contributed by atoms with Gasteiger partial charge in [0, 0.05) is 10.0 Å². The first-order valence-electron chi connectivity index (χ1n) is 5.15. The summed E-state index contributed by atoms with van der Waals surface area (Å²) in [4.78, 5) is 0.351. The molecule has 1 aromatic heterocycles. The van der Waals surface area contributed by atoms with Gasteiger partial charge in [-0.1, -0.05) is 40.3 Å². The van der Waals surface area contributed by atoms with E-state index in [9.17, 15) is 4.39 Å². The summed E-state index contributed by atoms with van der Waals surface area (Å²) >= 11 is 4.54. The molecule has 0 saturated carbocycles. The molecule has 0 unspecified atom stereocenters. The van der Waals surface area contributed by atoms with Gasteiger partial charge in [0.1, 0.15) is 10.8 Å². The SMILES string of the molecule is Br.CCc1nn(Cc2ccc(Br)cc2F)c(=N)s1. The van der Waals surface area contributed by atoms with E-state index in [0.717, 1.165) is 11.4 Å². The molecule has 0 spiro atoms. The second-order valence-electron chi connectivity index (χ2n) is 3.55. The highest BCUT2D eigenvalue weighted by Gasteiger charge is 2.07. The fraction of sp³-hybridized carbons (Fsp3) is 0.273. The van der Waals surface area contributed by atoms with Crippen LogP contribution in [-0.4, -0.2) is 9.78 Å². The third kappa shape index (κ3) is 3.49. The molecule has 98 valence electrons. The summed E-state index contributed by atoms with van der Waals surface area (Å²) in [5.74, 6) is -0.280. The Morgan fingerprint density at radius 2 is 2.22 bits per heavy atom. The highest BCUT2D eigenvalue weighted by molar-refractivity contribution is 9.10. The van der Waals surface area contributed by atoms with E-state index in [2.05, 4.69) is 21.0 Å². The first-order chi connectivity index (χ1) is 8.10. The molecule has 0 saturated heterocycles. The molecule has 1 N–H and O–H groups in total. The molecule has 0 fully saturated rings. The van der Waals surface area contributed by atoms with E-state index in [1.165, 1.54) is 22.1 Å². The van der Waals surface area contributed by atoms with Gasteiger partial charge in [-0.05, 0) is 18.6 Å². The number of nitrogens with one attached hydrogen (secondary N) is 1. The Hall–Kier alpha value is -0.530. The van der Waals surface area contributed by atoms with Crippen LogP contribution in [0.3, 0.4) is 0 Å². The second-order valence-corrected chi connectivity index (χ2v) is 5.53. The standard InChI is InChI=1S/C11H11BrFN3S.BrH/c1-2-10-15-16(11(14)17-10)6-7-3-4-8(12)5-9(7)13;/h3-5,14H,2,6H2,1H3;1H. The number of aromatic nitrogens is 2. The summed E-state index contributed by atoms with van der Waals surface area (Å²) < 4.78 is 15.9. The Morgan fingerprint density at radius 3 is 2.78 bits per heavy atom. The maximum atomic E-state index is 13.6. The highest BCUT2D eigenvalue weighted by atomic mass is 79.9. The Morgan fingerprint density at radius 1 is 1.50 bits per heavy atom. The molecular formula is C11H12Br2FN3S. The van der Waals surface area contributed by atoms with Crippen molar-refractivity contribution in [2.45, 2.75) is 19.9 Å². The van der Waals surface area contributed by atoms with Crippen LogP contribution in [0.2, 0.25) is 0 Å². The molecule has 2 aromatic rings. The Balaban J connectivity index is 0.00000162. The van der Waals surface area contributed by atoms with Crippen molar-refractivity contribution in [1.29, 1.82) is 5.41 Å². The monoisotopic (exact) mass is 395 g/mol. The van der Waals surface area contributed by atoms with Crippen molar-refractivity contribution in [3.8, 4) is 0 Å². The van der Waals surface area contributed by atoms with Crippen LogP contribution in [0.4, 0.5) is 4.39 Å². The third-order valence-electron chi connectivity index (χ3n) is 2.32. The minimum absolute atomic E-state index is 0. The molecule has 0 aliphatic carbocycles. The maximum absolute atomic E-state index is 13.6. The van der Waals surface area contributed by atoms with Crippen molar-refractivity contribution < 1.29 is 4.39 Å². The molecule has 3 nitrogen and oxygen atoms in total. The largest absolute Gasteiger partial charge is 0.274 e. The van der Waals surface area contributed by atoms with Gasteiger partial charge in [-0.15, -0.1) is 17.0 Å². The van der Waals surface area contributed by atoms with E-state index < -0.39 is 0 Å². The minimum Gasteiger partial charge on any atom is -0.274 e. The van der Waals surface area contributed by atoms with Crippen LogP contribution < -0.4 is 4.80 Å². The molecule has 7 heteroatoms. The fourth-order valence-electron chi connectivity index (χ4n) is 1.43. The lowest BCUT2D eigenvalue weighted by Gasteiger charge is -2.03. The predicted octanol–water partition coefficient (Wildman–Crippen LogP) is 3.51. The van der Waals surface area contributed by atoms with Gasteiger partial charge in [0.2, 0.25) is 4.80 Å². The maximum Gasteiger partial charge on any atom is 0.200 e.